The fourth-order valence-electron chi connectivity index (χ4n) is 2.87. The second kappa shape index (κ2) is 8.17. The molecule has 1 aliphatic carbocycles. The minimum atomic E-state index is -3.08. The zero-order chi connectivity index (χ0) is 20.3. The Labute approximate surface area is 163 Å². The number of anilines is 1. The van der Waals surface area contributed by atoms with Gasteiger partial charge in [-0.15, -0.1) is 0 Å². The molecule has 0 aromatic heterocycles. The first-order valence-corrected chi connectivity index (χ1v) is 11.0. The Hall–Kier alpha value is -2.62. The van der Waals surface area contributed by atoms with Crippen LogP contribution in [0.5, 0.6) is 0 Å². The van der Waals surface area contributed by atoms with Crippen LogP contribution in [-0.4, -0.2) is 67.8 Å². The average Bonchev–Trinajstić information content (AvgIpc) is 3.45. The van der Waals surface area contributed by atoms with Crippen molar-refractivity contribution in [1.29, 1.82) is 0 Å². The summed E-state index contributed by atoms with van der Waals surface area (Å²) in [5.41, 5.74) is 0.788. The van der Waals surface area contributed by atoms with Gasteiger partial charge in [0.25, 0.3) is 5.91 Å². The van der Waals surface area contributed by atoms with Crippen LogP contribution >= 0.6 is 0 Å². The molecule has 2 fully saturated rings. The second-order valence-electron chi connectivity index (χ2n) is 7.13. The van der Waals surface area contributed by atoms with E-state index in [1.165, 1.54) is 11.0 Å². The highest BCUT2D eigenvalue weighted by atomic mass is 32.2. The Balaban J connectivity index is 1.55. The van der Waals surface area contributed by atoms with Crippen molar-refractivity contribution in [3.63, 3.8) is 0 Å². The molecule has 0 spiro atoms. The normalized spacial score (nSPS) is 19.4. The first kappa shape index (κ1) is 20.1. The van der Waals surface area contributed by atoms with E-state index < -0.39 is 21.8 Å². The Morgan fingerprint density at radius 1 is 1.14 bits per heavy atom. The van der Waals surface area contributed by atoms with Crippen LogP contribution in [0.15, 0.2) is 24.3 Å². The van der Waals surface area contributed by atoms with Crippen molar-refractivity contribution >= 4 is 33.4 Å². The number of urea groups is 1. The number of hydrogen-bond donors (Lipinski definition) is 3. The molecular formula is C18H24N4O5S. The van der Waals surface area contributed by atoms with Gasteiger partial charge in [-0.1, -0.05) is 6.07 Å². The number of amides is 4. The Kier molecular flexibility index (Phi) is 5.87. The van der Waals surface area contributed by atoms with E-state index in [-0.39, 0.29) is 42.6 Å². The van der Waals surface area contributed by atoms with E-state index in [2.05, 4.69) is 16.0 Å². The highest BCUT2D eigenvalue weighted by Gasteiger charge is 2.28. The maximum Gasteiger partial charge on any atom is 0.319 e. The average molecular weight is 408 g/mol. The molecule has 0 bridgehead atoms. The van der Waals surface area contributed by atoms with Crippen molar-refractivity contribution in [2.75, 3.05) is 29.9 Å². The molecule has 28 heavy (non-hydrogen) atoms. The van der Waals surface area contributed by atoms with Gasteiger partial charge in [-0.3, -0.25) is 9.59 Å². The van der Waals surface area contributed by atoms with Gasteiger partial charge in [0.2, 0.25) is 5.91 Å². The standard InChI is InChI=1S/C18H24N4O5S/c1-12(17(24)22-7-9-28(26,27)10-8-22)19-16(23)13-3-2-4-15(11-13)21-18(25)20-14-5-6-14/h2-4,11-12,14H,5-10H2,1H3,(H,19,23)(H2,20,21,25). The Bertz CT molecular complexity index is 868. The Morgan fingerprint density at radius 2 is 1.82 bits per heavy atom. The van der Waals surface area contributed by atoms with Gasteiger partial charge in [0.1, 0.15) is 6.04 Å². The number of carbonyl (C=O) groups excluding carboxylic acids is 3. The van der Waals surface area contributed by atoms with Gasteiger partial charge in [0.05, 0.1) is 11.5 Å². The maximum atomic E-state index is 12.5. The topological polar surface area (TPSA) is 125 Å². The van der Waals surface area contributed by atoms with Gasteiger partial charge in [-0.05, 0) is 38.0 Å². The molecule has 1 aliphatic heterocycles. The van der Waals surface area contributed by atoms with E-state index in [1.54, 1.807) is 25.1 Å². The summed E-state index contributed by atoms with van der Waals surface area (Å²) in [7, 11) is -3.08. The summed E-state index contributed by atoms with van der Waals surface area (Å²) >= 11 is 0. The van der Waals surface area contributed by atoms with Crippen molar-refractivity contribution < 1.29 is 22.8 Å². The molecule has 3 rings (SSSR count). The smallest absolute Gasteiger partial charge is 0.319 e. The fraction of sp³-hybridized carbons (Fsp3) is 0.500. The molecular weight excluding hydrogens is 384 g/mol. The van der Waals surface area contributed by atoms with Crippen LogP contribution in [0.4, 0.5) is 10.5 Å². The first-order valence-electron chi connectivity index (χ1n) is 9.21. The summed E-state index contributed by atoms with van der Waals surface area (Å²) in [6.07, 6.45) is 1.95. The molecule has 9 nitrogen and oxygen atoms in total. The van der Waals surface area contributed by atoms with Crippen LogP contribution in [0.2, 0.25) is 0 Å². The summed E-state index contributed by atoms with van der Waals surface area (Å²) < 4.78 is 23.0. The van der Waals surface area contributed by atoms with Crippen LogP contribution in [0.1, 0.15) is 30.1 Å². The summed E-state index contributed by atoms with van der Waals surface area (Å²) in [6.45, 7) is 1.84. The lowest BCUT2D eigenvalue weighted by atomic mass is 10.1. The van der Waals surface area contributed by atoms with Crippen molar-refractivity contribution in [3.05, 3.63) is 29.8 Å². The minimum absolute atomic E-state index is 0.0595. The van der Waals surface area contributed by atoms with E-state index >= 15 is 0 Å². The highest BCUT2D eigenvalue weighted by molar-refractivity contribution is 7.91. The molecule has 4 amide bonds. The van der Waals surface area contributed by atoms with E-state index in [1.807, 2.05) is 0 Å². The van der Waals surface area contributed by atoms with Gasteiger partial charge in [0.15, 0.2) is 9.84 Å². The summed E-state index contributed by atoms with van der Waals surface area (Å²) in [4.78, 5) is 38.2. The van der Waals surface area contributed by atoms with Crippen molar-refractivity contribution in [3.8, 4) is 0 Å². The fourth-order valence-corrected chi connectivity index (χ4v) is 4.07. The van der Waals surface area contributed by atoms with E-state index in [0.29, 0.717) is 11.3 Å². The van der Waals surface area contributed by atoms with Crippen molar-refractivity contribution in [2.45, 2.75) is 31.8 Å². The molecule has 0 radical (unpaired) electrons. The molecule has 152 valence electrons. The van der Waals surface area contributed by atoms with Crippen LogP contribution in [0, 0.1) is 0 Å². The van der Waals surface area contributed by atoms with Crippen LogP contribution in [-0.2, 0) is 14.6 Å². The third-order valence-corrected chi connectivity index (χ3v) is 6.28. The number of nitrogens with zero attached hydrogens (tertiary/aromatic N) is 1. The Morgan fingerprint density at radius 3 is 2.46 bits per heavy atom. The summed E-state index contributed by atoms with van der Waals surface area (Å²) in [5.74, 6) is -0.885. The highest BCUT2D eigenvalue weighted by Crippen LogP contribution is 2.19. The summed E-state index contributed by atoms with van der Waals surface area (Å²) in [5, 5.41) is 8.11. The molecule has 1 aromatic rings. The van der Waals surface area contributed by atoms with Gasteiger partial charge >= 0.3 is 6.03 Å². The van der Waals surface area contributed by atoms with Crippen molar-refractivity contribution in [2.24, 2.45) is 0 Å². The second-order valence-corrected chi connectivity index (χ2v) is 9.43. The molecule has 3 N–H and O–H groups in total. The quantitative estimate of drug-likeness (QED) is 0.648. The number of nitrogens with one attached hydrogen (secondary N) is 3. The predicted octanol–water partition coefficient (Wildman–Crippen LogP) is 0.346. The molecule has 1 heterocycles. The number of carbonyl (C=O) groups is 3. The van der Waals surface area contributed by atoms with Gasteiger partial charge < -0.3 is 20.9 Å². The third kappa shape index (κ3) is 5.44. The van der Waals surface area contributed by atoms with Crippen LogP contribution in [0.25, 0.3) is 0 Å². The number of hydrogen-bond acceptors (Lipinski definition) is 5. The lowest BCUT2D eigenvalue weighted by Gasteiger charge is -2.29. The lowest BCUT2D eigenvalue weighted by Crippen LogP contribution is -2.51. The van der Waals surface area contributed by atoms with E-state index in [4.69, 9.17) is 0 Å². The van der Waals surface area contributed by atoms with Gasteiger partial charge in [0, 0.05) is 30.4 Å². The number of rotatable bonds is 5. The van der Waals surface area contributed by atoms with Crippen molar-refractivity contribution in [1.82, 2.24) is 15.5 Å². The van der Waals surface area contributed by atoms with Crippen LogP contribution in [0.3, 0.4) is 0 Å². The first-order chi connectivity index (χ1) is 13.2. The number of benzene rings is 1. The van der Waals surface area contributed by atoms with E-state index in [0.717, 1.165) is 12.8 Å². The zero-order valence-corrected chi connectivity index (χ0v) is 16.4. The van der Waals surface area contributed by atoms with Gasteiger partial charge in [-0.25, -0.2) is 13.2 Å². The molecule has 1 aromatic carbocycles. The van der Waals surface area contributed by atoms with Gasteiger partial charge in [-0.2, -0.15) is 0 Å². The maximum absolute atomic E-state index is 12.5. The molecule has 1 atom stereocenters. The molecule has 1 saturated heterocycles. The van der Waals surface area contributed by atoms with E-state index in [9.17, 15) is 22.8 Å². The minimum Gasteiger partial charge on any atom is -0.341 e. The largest absolute Gasteiger partial charge is 0.341 e. The molecule has 10 heteroatoms. The monoisotopic (exact) mass is 408 g/mol. The number of sulfone groups is 1. The SMILES string of the molecule is CC(NC(=O)c1cccc(NC(=O)NC2CC2)c1)C(=O)N1CCS(=O)(=O)CC1. The zero-order valence-electron chi connectivity index (χ0n) is 15.6. The summed E-state index contributed by atoms with van der Waals surface area (Å²) in [6, 6.07) is 5.56. The predicted molar refractivity (Wildman–Crippen MR) is 104 cm³/mol. The lowest BCUT2D eigenvalue weighted by molar-refractivity contribution is -0.132. The molecule has 1 unspecified atom stereocenters. The molecule has 1 saturated carbocycles. The molecule has 2 aliphatic rings. The third-order valence-electron chi connectivity index (χ3n) is 4.67. The van der Waals surface area contributed by atoms with Crippen LogP contribution < -0.4 is 16.0 Å².